The SMILES string of the molecule is CC[C@H]1/C=C/C=C/C[C@@H](C)[C@H](O)[C@H](C)C(=O)[C@@H](C)[C@H](O)[C@@H](C)C(=O)[C@@H](C)[C@H](O)[C@@H](C)/C=C/C(=O)O[C@@H]2[C@H](C)[C@H](CC1)O[C@]1(CC[C@H](C)[C@H](C[C@@H](C)O)O1)[C@@H]2C. The van der Waals surface area contributed by atoms with Crippen LogP contribution in [0.25, 0.3) is 0 Å². The van der Waals surface area contributed by atoms with Gasteiger partial charge in [0, 0.05) is 53.9 Å². The van der Waals surface area contributed by atoms with Crippen LogP contribution in [0, 0.1) is 59.2 Å². The average Bonchev–Trinajstić information content (AvgIpc) is 3.16. The lowest BCUT2D eigenvalue weighted by molar-refractivity contribution is -0.371. The molecular formula is C45H74O10. The number of aliphatic hydroxyl groups excluding tert-OH is 4. The number of carbonyl (C=O) groups is 3. The highest BCUT2D eigenvalue weighted by Crippen LogP contribution is 2.49. The Labute approximate surface area is 331 Å². The molecule has 0 unspecified atom stereocenters. The predicted octanol–water partition coefficient (Wildman–Crippen LogP) is 6.77. The average molecular weight is 775 g/mol. The summed E-state index contributed by atoms with van der Waals surface area (Å²) < 4.78 is 20.0. The molecule has 55 heavy (non-hydrogen) atoms. The van der Waals surface area contributed by atoms with Gasteiger partial charge in [0.05, 0.1) is 36.6 Å². The number of aliphatic hydroxyl groups is 4. The largest absolute Gasteiger partial charge is 0.458 e. The van der Waals surface area contributed by atoms with Crippen molar-refractivity contribution in [3.05, 3.63) is 36.5 Å². The molecule has 3 aliphatic heterocycles. The second kappa shape index (κ2) is 21.0. The molecule has 0 radical (unpaired) electrons. The molecule has 0 saturated carbocycles. The number of rotatable bonds is 3. The van der Waals surface area contributed by atoms with E-state index < -0.39 is 77.6 Å². The number of ether oxygens (including phenoxy) is 3. The maximum absolute atomic E-state index is 13.5. The van der Waals surface area contributed by atoms with Crippen LogP contribution in [0.3, 0.4) is 0 Å². The Balaban J connectivity index is 1.97. The van der Waals surface area contributed by atoms with Crippen LogP contribution in [0.4, 0.5) is 0 Å². The lowest BCUT2D eigenvalue weighted by atomic mass is 9.74. The van der Waals surface area contributed by atoms with Gasteiger partial charge in [0.2, 0.25) is 0 Å². The molecule has 0 aromatic carbocycles. The third-order valence-electron chi connectivity index (χ3n) is 13.4. The van der Waals surface area contributed by atoms with Crippen LogP contribution in [0.5, 0.6) is 0 Å². The number of hydrogen-bond donors (Lipinski definition) is 4. The van der Waals surface area contributed by atoms with Gasteiger partial charge in [-0.1, -0.05) is 99.6 Å². The van der Waals surface area contributed by atoms with Gasteiger partial charge in [0.15, 0.2) is 5.79 Å². The monoisotopic (exact) mass is 775 g/mol. The van der Waals surface area contributed by atoms with Crippen LogP contribution in [0.15, 0.2) is 36.5 Å². The Morgan fingerprint density at radius 2 is 1.36 bits per heavy atom. The first-order valence-corrected chi connectivity index (χ1v) is 21.1. The number of hydrogen-bond acceptors (Lipinski definition) is 10. The maximum Gasteiger partial charge on any atom is 0.330 e. The van der Waals surface area contributed by atoms with Gasteiger partial charge < -0.3 is 34.6 Å². The third-order valence-corrected chi connectivity index (χ3v) is 13.4. The van der Waals surface area contributed by atoms with Gasteiger partial charge >= 0.3 is 5.97 Å². The van der Waals surface area contributed by atoms with E-state index in [4.69, 9.17) is 14.2 Å². The second-order valence-corrected chi connectivity index (χ2v) is 17.7. The van der Waals surface area contributed by atoms with Crippen LogP contribution in [0.2, 0.25) is 0 Å². The molecule has 10 heteroatoms. The molecule has 1 spiro atoms. The van der Waals surface area contributed by atoms with Crippen molar-refractivity contribution in [1.82, 2.24) is 0 Å². The molecule has 2 fully saturated rings. The van der Waals surface area contributed by atoms with E-state index >= 15 is 0 Å². The van der Waals surface area contributed by atoms with Crippen molar-refractivity contribution >= 4 is 17.5 Å². The Bertz CT molecular complexity index is 1340. The van der Waals surface area contributed by atoms with Crippen molar-refractivity contribution in [2.75, 3.05) is 0 Å². The van der Waals surface area contributed by atoms with E-state index in [0.717, 1.165) is 25.7 Å². The number of ketones is 2. The van der Waals surface area contributed by atoms with Crippen molar-refractivity contribution in [2.45, 2.75) is 170 Å². The first kappa shape index (κ1) is 47.2. The fourth-order valence-corrected chi connectivity index (χ4v) is 8.95. The van der Waals surface area contributed by atoms with Gasteiger partial charge in [-0.15, -0.1) is 0 Å². The molecule has 3 aliphatic rings. The summed E-state index contributed by atoms with van der Waals surface area (Å²) in [4.78, 5) is 40.4. The second-order valence-electron chi connectivity index (χ2n) is 17.7. The van der Waals surface area contributed by atoms with Crippen LogP contribution < -0.4 is 0 Å². The van der Waals surface area contributed by atoms with E-state index in [2.05, 4.69) is 26.8 Å². The standard InChI is InChI=1S/C45H74O10/c1-12-35-17-15-13-14-16-26(3)39(48)30(7)41(50)32(9)43(52)33(10)42(51)31(8)40(49)27(4)18-21-38(47)53-44-29(6)36(20-19-35)54-45(34(44)11)23-22-25(2)37(55-45)24-28(5)46/h13-15,17-18,21,25-37,39-40,43-44,46,48-49,52H,12,16,19-20,22-24H2,1-11H3/b14-13+,17-15+,21-18+/t25-,26+,27-,28+,29+,30-,31-,32+,33-,34+,35-,36-,37-,39-,40+,43-,44+,45-/m0/s1. The van der Waals surface area contributed by atoms with Crippen LogP contribution in [-0.4, -0.2) is 86.5 Å². The summed E-state index contributed by atoms with van der Waals surface area (Å²) in [6.45, 7) is 20.1. The van der Waals surface area contributed by atoms with Crippen molar-refractivity contribution in [1.29, 1.82) is 0 Å². The molecule has 4 N–H and O–H groups in total. The molecule has 3 heterocycles. The molecule has 10 nitrogen and oxygen atoms in total. The highest BCUT2D eigenvalue weighted by molar-refractivity contribution is 5.87. The van der Waals surface area contributed by atoms with E-state index in [0.29, 0.717) is 19.3 Å². The molecule has 2 saturated heterocycles. The number of fused-ring (bicyclic) bond motifs is 2. The molecule has 314 valence electrons. The lowest BCUT2D eigenvalue weighted by Crippen LogP contribution is -2.62. The zero-order valence-corrected chi connectivity index (χ0v) is 35.5. The van der Waals surface area contributed by atoms with Gasteiger partial charge in [0.25, 0.3) is 0 Å². The molecule has 0 aliphatic carbocycles. The molecule has 0 aromatic rings. The highest BCUT2D eigenvalue weighted by Gasteiger charge is 2.56. The molecule has 3 rings (SSSR count). The van der Waals surface area contributed by atoms with Crippen LogP contribution in [0.1, 0.15) is 121 Å². The zero-order chi connectivity index (χ0) is 41.4. The molecule has 0 amide bonds. The Morgan fingerprint density at radius 1 is 0.764 bits per heavy atom. The molecule has 2 bridgehead atoms. The van der Waals surface area contributed by atoms with Gasteiger partial charge in [-0.2, -0.15) is 0 Å². The van der Waals surface area contributed by atoms with E-state index in [1.807, 2.05) is 32.1 Å². The summed E-state index contributed by atoms with van der Waals surface area (Å²) in [5.41, 5.74) is 0. The highest BCUT2D eigenvalue weighted by atomic mass is 16.7. The number of allylic oxidation sites excluding steroid dienone is 4. The third kappa shape index (κ3) is 11.9. The minimum atomic E-state index is -1.30. The Hall–Kier alpha value is -2.21. The van der Waals surface area contributed by atoms with E-state index in [9.17, 15) is 34.8 Å². The topological polar surface area (TPSA) is 160 Å². The number of esters is 1. The minimum absolute atomic E-state index is 0.144. The summed E-state index contributed by atoms with van der Waals surface area (Å²) in [5.74, 6) is -6.53. The van der Waals surface area contributed by atoms with Crippen LogP contribution in [-0.2, 0) is 28.6 Å². The molecule has 18 atom stereocenters. The quantitative estimate of drug-likeness (QED) is 0.226. The Kier molecular flexibility index (Phi) is 18.0. The summed E-state index contributed by atoms with van der Waals surface area (Å²) in [6.07, 6.45) is 11.1. The number of Topliss-reactive ketones (excluding diaryl/α,β-unsaturated/α-hetero) is 2. The smallest absolute Gasteiger partial charge is 0.330 e. The fourth-order valence-electron chi connectivity index (χ4n) is 8.95. The first-order chi connectivity index (χ1) is 25.8. The Morgan fingerprint density at radius 3 is 1.96 bits per heavy atom. The lowest BCUT2D eigenvalue weighted by Gasteiger charge is -2.55. The maximum atomic E-state index is 13.5. The zero-order valence-electron chi connectivity index (χ0n) is 35.5. The van der Waals surface area contributed by atoms with Crippen molar-refractivity contribution in [2.24, 2.45) is 59.2 Å². The molecule has 0 aromatic heterocycles. The van der Waals surface area contributed by atoms with E-state index in [-0.39, 0.29) is 47.6 Å². The minimum Gasteiger partial charge on any atom is -0.458 e. The normalized spacial score (nSPS) is 46.1. The van der Waals surface area contributed by atoms with Crippen molar-refractivity contribution in [3.63, 3.8) is 0 Å². The van der Waals surface area contributed by atoms with Crippen molar-refractivity contribution in [3.8, 4) is 0 Å². The predicted molar refractivity (Wildman–Crippen MR) is 213 cm³/mol. The first-order valence-electron chi connectivity index (χ1n) is 21.1. The summed E-state index contributed by atoms with van der Waals surface area (Å²) >= 11 is 0. The van der Waals surface area contributed by atoms with E-state index in [1.54, 1.807) is 47.6 Å². The van der Waals surface area contributed by atoms with Crippen LogP contribution >= 0.6 is 0 Å². The van der Waals surface area contributed by atoms with Gasteiger partial charge in [0.1, 0.15) is 17.7 Å². The fraction of sp³-hybridized carbons (Fsp3) is 0.800. The summed E-state index contributed by atoms with van der Waals surface area (Å²) in [7, 11) is 0. The van der Waals surface area contributed by atoms with Crippen molar-refractivity contribution < 1.29 is 49.0 Å². The molecular weight excluding hydrogens is 700 g/mol. The summed E-state index contributed by atoms with van der Waals surface area (Å²) in [5, 5.41) is 43.8. The van der Waals surface area contributed by atoms with Gasteiger partial charge in [-0.3, -0.25) is 9.59 Å². The van der Waals surface area contributed by atoms with E-state index in [1.165, 1.54) is 6.08 Å². The van der Waals surface area contributed by atoms with Gasteiger partial charge in [-0.05, 0) is 63.2 Å². The number of carbonyl (C=O) groups excluding carboxylic acids is 3. The summed E-state index contributed by atoms with van der Waals surface area (Å²) in [6, 6.07) is 0. The van der Waals surface area contributed by atoms with Gasteiger partial charge in [-0.25, -0.2) is 4.79 Å².